The minimum absolute atomic E-state index is 0.105. The highest BCUT2D eigenvalue weighted by molar-refractivity contribution is 5.97. The van der Waals surface area contributed by atoms with Crippen molar-refractivity contribution < 1.29 is 23.4 Å². The molecule has 20 heavy (non-hydrogen) atoms. The molecule has 0 spiro atoms. The molecule has 0 saturated heterocycles. The third kappa shape index (κ3) is 2.54. The van der Waals surface area contributed by atoms with Gasteiger partial charge in [0, 0.05) is 0 Å². The van der Waals surface area contributed by atoms with Crippen LogP contribution in [0.5, 0.6) is 11.5 Å². The monoisotopic (exact) mass is 279 g/mol. The Kier molecular flexibility index (Phi) is 3.56. The molecule has 0 unspecified atom stereocenters. The minimum atomic E-state index is -1.41. The van der Waals surface area contributed by atoms with Gasteiger partial charge in [0.25, 0.3) is 0 Å². The Balaban J connectivity index is 2.48. The zero-order valence-corrected chi connectivity index (χ0v) is 10.5. The first-order chi connectivity index (χ1) is 9.40. The standard InChI is InChI=1S/C14H11F2NO3/c1-7-6-8(15)2-4-10(7)20-11-5-3-9(16)13(17)12(11)14(18)19/h2-6H,17H2,1H3,(H,18,19). The number of hydrogen-bond donors (Lipinski definition) is 2. The van der Waals surface area contributed by atoms with Crippen molar-refractivity contribution in [2.45, 2.75) is 6.92 Å². The van der Waals surface area contributed by atoms with Crippen molar-refractivity contribution in [2.75, 3.05) is 5.73 Å². The Bertz CT molecular complexity index is 686. The van der Waals surface area contributed by atoms with E-state index in [1.165, 1.54) is 18.2 Å². The molecule has 4 nitrogen and oxygen atoms in total. The third-order valence-corrected chi connectivity index (χ3v) is 2.72. The first-order valence-corrected chi connectivity index (χ1v) is 5.65. The van der Waals surface area contributed by atoms with Crippen LogP contribution >= 0.6 is 0 Å². The Morgan fingerprint density at radius 1 is 1.20 bits per heavy atom. The fourth-order valence-electron chi connectivity index (χ4n) is 1.73. The first-order valence-electron chi connectivity index (χ1n) is 5.65. The molecule has 0 fully saturated rings. The molecular weight excluding hydrogens is 268 g/mol. The fraction of sp³-hybridized carbons (Fsp3) is 0.0714. The number of rotatable bonds is 3. The average molecular weight is 279 g/mol. The quantitative estimate of drug-likeness (QED) is 0.845. The van der Waals surface area contributed by atoms with Gasteiger partial charge in [0.2, 0.25) is 0 Å². The molecule has 0 aliphatic heterocycles. The zero-order chi connectivity index (χ0) is 14.9. The summed E-state index contributed by atoms with van der Waals surface area (Å²) in [5.41, 5.74) is 4.91. The number of ether oxygens (including phenoxy) is 1. The van der Waals surface area contributed by atoms with E-state index < -0.39 is 28.9 Å². The number of nitrogen functional groups attached to an aromatic ring is 1. The van der Waals surface area contributed by atoms with Crippen molar-refractivity contribution in [3.8, 4) is 11.5 Å². The summed E-state index contributed by atoms with van der Waals surface area (Å²) in [6, 6.07) is 5.95. The van der Waals surface area contributed by atoms with E-state index in [1.807, 2.05) is 0 Å². The summed E-state index contributed by atoms with van der Waals surface area (Å²) in [6.45, 7) is 1.60. The van der Waals surface area contributed by atoms with Gasteiger partial charge in [-0.2, -0.15) is 0 Å². The molecule has 0 atom stereocenters. The molecule has 6 heteroatoms. The van der Waals surface area contributed by atoms with Gasteiger partial charge < -0.3 is 15.6 Å². The number of anilines is 1. The van der Waals surface area contributed by atoms with Crippen molar-refractivity contribution in [1.82, 2.24) is 0 Å². The van der Waals surface area contributed by atoms with Crippen molar-refractivity contribution >= 4 is 11.7 Å². The molecule has 0 radical (unpaired) electrons. The van der Waals surface area contributed by atoms with Crippen LogP contribution in [-0.4, -0.2) is 11.1 Å². The van der Waals surface area contributed by atoms with Gasteiger partial charge in [-0.1, -0.05) is 0 Å². The molecule has 3 N–H and O–H groups in total. The Morgan fingerprint density at radius 2 is 1.85 bits per heavy atom. The first kappa shape index (κ1) is 13.8. The predicted molar refractivity (Wildman–Crippen MR) is 69.0 cm³/mol. The van der Waals surface area contributed by atoms with E-state index in [0.29, 0.717) is 5.56 Å². The lowest BCUT2D eigenvalue weighted by Crippen LogP contribution is -2.07. The molecule has 0 heterocycles. The van der Waals surface area contributed by atoms with Gasteiger partial charge in [-0.15, -0.1) is 0 Å². The van der Waals surface area contributed by atoms with Crippen LogP contribution in [0.25, 0.3) is 0 Å². The smallest absolute Gasteiger partial charge is 0.341 e. The second-order valence-corrected chi connectivity index (χ2v) is 4.15. The number of aromatic carboxylic acids is 1. The number of carbonyl (C=O) groups is 1. The van der Waals surface area contributed by atoms with Crippen LogP contribution in [-0.2, 0) is 0 Å². The number of aryl methyl sites for hydroxylation is 1. The lowest BCUT2D eigenvalue weighted by atomic mass is 10.1. The molecule has 0 amide bonds. The minimum Gasteiger partial charge on any atom is -0.477 e. The molecule has 104 valence electrons. The fourth-order valence-corrected chi connectivity index (χ4v) is 1.73. The van der Waals surface area contributed by atoms with E-state index in [4.69, 9.17) is 15.6 Å². The highest BCUT2D eigenvalue weighted by Crippen LogP contribution is 2.32. The maximum Gasteiger partial charge on any atom is 0.341 e. The van der Waals surface area contributed by atoms with Crippen LogP contribution in [0.15, 0.2) is 30.3 Å². The summed E-state index contributed by atoms with van der Waals surface area (Å²) in [7, 11) is 0. The highest BCUT2D eigenvalue weighted by Gasteiger charge is 2.19. The number of hydrogen-bond acceptors (Lipinski definition) is 3. The van der Waals surface area contributed by atoms with Crippen LogP contribution in [0.2, 0.25) is 0 Å². The maximum atomic E-state index is 13.3. The third-order valence-electron chi connectivity index (χ3n) is 2.72. The molecule has 0 bridgehead atoms. The Labute approximate surface area is 113 Å². The van der Waals surface area contributed by atoms with Gasteiger partial charge in [-0.05, 0) is 42.8 Å². The number of carboxylic acid groups (broad SMARTS) is 1. The van der Waals surface area contributed by atoms with Gasteiger partial charge >= 0.3 is 5.97 Å². The summed E-state index contributed by atoms with van der Waals surface area (Å²) >= 11 is 0. The van der Waals surface area contributed by atoms with E-state index in [0.717, 1.165) is 12.1 Å². The highest BCUT2D eigenvalue weighted by atomic mass is 19.1. The maximum absolute atomic E-state index is 13.3. The molecule has 0 aliphatic carbocycles. The van der Waals surface area contributed by atoms with Crippen LogP contribution < -0.4 is 10.5 Å². The van der Waals surface area contributed by atoms with Crippen LogP contribution in [0.1, 0.15) is 15.9 Å². The van der Waals surface area contributed by atoms with Crippen molar-refractivity contribution in [3.05, 3.63) is 53.1 Å². The van der Waals surface area contributed by atoms with Crippen LogP contribution in [0, 0.1) is 18.6 Å². The average Bonchev–Trinajstić information content (AvgIpc) is 2.36. The summed E-state index contributed by atoms with van der Waals surface area (Å²) < 4.78 is 31.7. The van der Waals surface area contributed by atoms with Crippen molar-refractivity contribution in [3.63, 3.8) is 0 Å². The van der Waals surface area contributed by atoms with Gasteiger partial charge in [0.15, 0.2) is 0 Å². The van der Waals surface area contributed by atoms with E-state index in [9.17, 15) is 13.6 Å². The lowest BCUT2D eigenvalue weighted by Gasteiger charge is -2.12. The van der Waals surface area contributed by atoms with Crippen LogP contribution in [0.3, 0.4) is 0 Å². The van der Waals surface area contributed by atoms with Gasteiger partial charge in [0.05, 0.1) is 5.69 Å². The van der Waals surface area contributed by atoms with E-state index in [1.54, 1.807) is 6.92 Å². The SMILES string of the molecule is Cc1cc(F)ccc1Oc1ccc(F)c(N)c1C(=O)O. The normalized spacial score (nSPS) is 10.3. The van der Waals surface area contributed by atoms with E-state index in [-0.39, 0.29) is 11.5 Å². The molecule has 0 aromatic heterocycles. The number of nitrogens with two attached hydrogens (primary N) is 1. The second kappa shape index (κ2) is 5.16. The van der Waals surface area contributed by atoms with Gasteiger partial charge in [-0.25, -0.2) is 13.6 Å². The summed E-state index contributed by atoms with van der Waals surface area (Å²) in [4.78, 5) is 11.1. The van der Waals surface area contributed by atoms with Gasteiger partial charge in [0.1, 0.15) is 28.7 Å². The number of carboxylic acids is 1. The summed E-state index contributed by atoms with van der Waals surface area (Å²) in [6.07, 6.45) is 0. The van der Waals surface area contributed by atoms with E-state index in [2.05, 4.69) is 0 Å². The zero-order valence-electron chi connectivity index (χ0n) is 10.5. The van der Waals surface area contributed by atoms with E-state index >= 15 is 0 Å². The number of halogens is 2. The molecule has 2 aromatic rings. The molecular formula is C14H11F2NO3. The summed E-state index contributed by atoms with van der Waals surface area (Å²) in [5, 5.41) is 9.08. The molecule has 0 aliphatic rings. The molecule has 2 aromatic carbocycles. The molecule has 2 rings (SSSR count). The summed E-state index contributed by atoms with van der Waals surface area (Å²) in [5.74, 6) is -2.53. The van der Waals surface area contributed by atoms with Crippen molar-refractivity contribution in [1.29, 1.82) is 0 Å². The molecule has 0 saturated carbocycles. The van der Waals surface area contributed by atoms with Gasteiger partial charge in [-0.3, -0.25) is 0 Å². The Morgan fingerprint density at radius 3 is 2.45 bits per heavy atom. The topological polar surface area (TPSA) is 72.5 Å². The Hall–Kier alpha value is -2.63. The second-order valence-electron chi connectivity index (χ2n) is 4.15. The lowest BCUT2D eigenvalue weighted by molar-refractivity contribution is 0.0695. The predicted octanol–water partition coefficient (Wildman–Crippen LogP) is 3.35. The van der Waals surface area contributed by atoms with Crippen molar-refractivity contribution in [2.24, 2.45) is 0 Å². The largest absolute Gasteiger partial charge is 0.477 e. The number of benzene rings is 2. The van der Waals surface area contributed by atoms with Crippen LogP contribution in [0.4, 0.5) is 14.5 Å².